The molecule has 0 radical (unpaired) electrons. The van der Waals surface area contributed by atoms with Gasteiger partial charge in [0, 0.05) is 70.2 Å². The molecule has 14 heteroatoms. The van der Waals surface area contributed by atoms with Gasteiger partial charge < -0.3 is 28.7 Å². The second kappa shape index (κ2) is 15.3. The maximum atomic E-state index is 10.1. The monoisotopic (exact) mass is 769 g/mol. The molecule has 0 unspecified atom stereocenters. The van der Waals surface area contributed by atoms with Crippen molar-refractivity contribution in [1.29, 1.82) is 5.26 Å². The summed E-state index contributed by atoms with van der Waals surface area (Å²) in [6.45, 7) is 4.73. The summed E-state index contributed by atoms with van der Waals surface area (Å²) in [6, 6.07) is 16.0. The first-order valence-corrected chi connectivity index (χ1v) is 19.0. The first-order chi connectivity index (χ1) is 26.2. The Balaban J connectivity index is 1.08. The van der Waals surface area contributed by atoms with Gasteiger partial charge in [0.2, 0.25) is 17.7 Å². The summed E-state index contributed by atoms with van der Waals surface area (Å²) in [6.07, 6.45) is 3.83. The number of aliphatic hydroxyl groups excluding tert-OH is 2. The van der Waals surface area contributed by atoms with Gasteiger partial charge in [-0.05, 0) is 54.5 Å². The SMILES string of the molecule is CN=c1c2nc(-c3cccc(-c4cccc5c4CC[C@@H]5Oc4nc(OC)c(CN5CC[C@@H](O)C5)cc4Cl)c3Cl)oc2c(C#N)cn1CCN1CC[C@@H](O)C1. The molecule has 8 rings (SSSR count). The summed E-state index contributed by atoms with van der Waals surface area (Å²) in [5, 5.41) is 30.9. The Morgan fingerprint density at radius 1 is 0.963 bits per heavy atom. The number of likely N-dealkylation sites (tertiary alicyclic amines) is 2. The molecule has 0 saturated carbocycles. The summed E-state index contributed by atoms with van der Waals surface area (Å²) >= 11 is 14.0. The highest BCUT2D eigenvalue weighted by atomic mass is 35.5. The topological polar surface area (TPSA) is 145 Å². The number of hydrogen-bond donors (Lipinski definition) is 2. The molecule has 2 fully saturated rings. The molecule has 1 aliphatic carbocycles. The van der Waals surface area contributed by atoms with Gasteiger partial charge >= 0.3 is 0 Å². The molecule has 3 aromatic heterocycles. The quantitative estimate of drug-likeness (QED) is 0.180. The molecule has 3 atom stereocenters. The fraction of sp³-hybridized carbons (Fsp3) is 0.400. The number of aromatic nitrogens is 3. The lowest BCUT2D eigenvalue weighted by molar-refractivity contribution is 0.174. The predicted molar refractivity (Wildman–Crippen MR) is 205 cm³/mol. The number of oxazole rings is 1. The highest BCUT2D eigenvalue weighted by Gasteiger charge is 2.30. The third-order valence-corrected chi connectivity index (χ3v) is 11.4. The van der Waals surface area contributed by atoms with Crippen molar-refractivity contribution in [3.05, 3.63) is 86.4 Å². The second-order valence-electron chi connectivity index (χ2n) is 14.1. The van der Waals surface area contributed by atoms with Gasteiger partial charge in [-0.1, -0.05) is 53.5 Å². The van der Waals surface area contributed by atoms with Crippen molar-refractivity contribution in [2.75, 3.05) is 46.9 Å². The number of hydrogen-bond acceptors (Lipinski definition) is 11. The number of fused-ring (bicyclic) bond motifs is 2. The lowest BCUT2D eigenvalue weighted by Crippen LogP contribution is -2.31. The summed E-state index contributed by atoms with van der Waals surface area (Å²) in [4.78, 5) is 18.4. The summed E-state index contributed by atoms with van der Waals surface area (Å²) in [5.41, 5.74) is 7.20. The standard InChI is InChI=1S/C40H41Cl2N7O5/c1-44-37-35-36(24(18-43)20-49(37)16-15-47-13-11-25(50)21-47)54-39(45-35)31-8-4-7-30(34(31)42)27-5-3-6-29-28(27)9-10-33(29)53-40-32(41)17-23(38(46-40)52-2)19-48-14-12-26(51)22-48/h3-8,17,20,25-26,33,50-51H,9-16,19,21-22H2,1-2H3/t25-,26-,33+/m1/s1. The zero-order valence-corrected chi connectivity index (χ0v) is 31.6. The molecule has 280 valence electrons. The Morgan fingerprint density at radius 2 is 1.70 bits per heavy atom. The Hall–Kier alpha value is -4.48. The van der Waals surface area contributed by atoms with Crippen LogP contribution in [0, 0.1) is 11.3 Å². The number of aliphatic hydroxyl groups is 2. The van der Waals surface area contributed by atoms with Gasteiger partial charge in [0.25, 0.3) is 0 Å². The molecule has 5 aromatic rings. The number of nitriles is 1. The number of nitrogens with zero attached hydrogens (tertiary/aromatic N) is 7. The average molecular weight is 771 g/mol. The average Bonchev–Trinajstić information content (AvgIpc) is 3.99. The van der Waals surface area contributed by atoms with E-state index < -0.39 is 0 Å². The van der Waals surface area contributed by atoms with E-state index >= 15 is 0 Å². The number of ether oxygens (including phenoxy) is 2. The minimum atomic E-state index is -0.322. The molecule has 0 bridgehead atoms. The van der Waals surface area contributed by atoms with Gasteiger partial charge in [-0.3, -0.25) is 14.8 Å². The number of benzene rings is 2. The van der Waals surface area contributed by atoms with Gasteiger partial charge in [0.05, 0.1) is 29.9 Å². The van der Waals surface area contributed by atoms with Crippen molar-refractivity contribution in [2.24, 2.45) is 4.99 Å². The fourth-order valence-electron chi connectivity index (χ4n) is 8.02. The molecule has 5 heterocycles. The minimum Gasteiger partial charge on any atom is -0.481 e. The fourth-order valence-corrected chi connectivity index (χ4v) is 8.55. The lowest BCUT2D eigenvalue weighted by Gasteiger charge is -2.20. The second-order valence-corrected chi connectivity index (χ2v) is 14.9. The van der Waals surface area contributed by atoms with E-state index in [9.17, 15) is 15.5 Å². The molecular formula is C40H41Cl2N7O5. The Labute approximate surface area is 322 Å². The van der Waals surface area contributed by atoms with Crippen molar-refractivity contribution < 1.29 is 24.1 Å². The van der Waals surface area contributed by atoms with Gasteiger partial charge in [-0.25, -0.2) is 4.98 Å². The van der Waals surface area contributed by atoms with Crippen LogP contribution < -0.4 is 15.0 Å². The zero-order valence-electron chi connectivity index (χ0n) is 30.1. The summed E-state index contributed by atoms with van der Waals surface area (Å²) in [7, 11) is 3.28. The summed E-state index contributed by atoms with van der Waals surface area (Å²) in [5.74, 6) is 1.06. The third kappa shape index (κ3) is 6.96. The normalized spacial score (nSPS) is 20.5. The largest absolute Gasteiger partial charge is 0.481 e. The van der Waals surface area contributed by atoms with E-state index in [0.717, 1.165) is 66.6 Å². The smallest absolute Gasteiger partial charge is 0.236 e. The van der Waals surface area contributed by atoms with Crippen LogP contribution in [0.3, 0.4) is 0 Å². The van der Waals surface area contributed by atoms with Crippen LogP contribution in [-0.4, -0.2) is 93.6 Å². The number of pyridine rings is 2. The van der Waals surface area contributed by atoms with E-state index in [1.54, 1.807) is 20.4 Å². The molecule has 12 nitrogen and oxygen atoms in total. The van der Waals surface area contributed by atoms with Crippen molar-refractivity contribution >= 4 is 34.3 Å². The van der Waals surface area contributed by atoms with Gasteiger partial charge in [-0.2, -0.15) is 10.2 Å². The van der Waals surface area contributed by atoms with E-state index in [-0.39, 0.29) is 18.3 Å². The molecular weight excluding hydrogens is 729 g/mol. The van der Waals surface area contributed by atoms with Crippen molar-refractivity contribution in [1.82, 2.24) is 24.3 Å². The molecule has 3 aliphatic rings. The molecule has 2 aliphatic heterocycles. The highest BCUT2D eigenvalue weighted by Crippen LogP contribution is 2.45. The number of methoxy groups -OCH3 is 1. The molecule has 0 spiro atoms. The zero-order chi connectivity index (χ0) is 37.5. The molecule has 2 saturated heterocycles. The van der Waals surface area contributed by atoms with E-state index in [1.807, 2.05) is 34.9 Å². The predicted octanol–water partition coefficient (Wildman–Crippen LogP) is 5.78. The van der Waals surface area contributed by atoms with Crippen LogP contribution in [0.15, 0.2) is 58.1 Å². The third-order valence-electron chi connectivity index (χ3n) is 10.7. The highest BCUT2D eigenvalue weighted by molar-refractivity contribution is 6.36. The van der Waals surface area contributed by atoms with Gasteiger partial charge in [0.15, 0.2) is 16.6 Å². The van der Waals surface area contributed by atoms with Crippen LogP contribution >= 0.6 is 23.2 Å². The van der Waals surface area contributed by atoms with Gasteiger partial charge in [-0.15, -0.1) is 0 Å². The van der Waals surface area contributed by atoms with Gasteiger partial charge in [0.1, 0.15) is 22.8 Å². The van der Waals surface area contributed by atoms with Crippen LogP contribution in [0.25, 0.3) is 33.7 Å². The maximum absolute atomic E-state index is 10.1. The molecule has 2 aromatic carbocycles. The van der Waals surface area contributed by atoms with E-state index in [2.05, 4.69) is 38.0 Å². The number of β-amino-alcohol motifs (C(OH)–C–C–N with tert-alkyl or cyclic N) is 2. The Morgan fingerprint density at radius 3 is 2.43 bits per heavy atom. The first kappa shape index (κ1) is 36.5. The van der Waals surface area contributed by atoms with Crippen molar-refractivity contribution in [3.63, 3.8) is 0 Å². The minimum absolute atomic E-state index is 0.281. The first-order valence-electron chi connectivity index (χ1n) is 18.2. The molecule has 2 N–H and O–H groups in total. The van der Waals surface area contributed by atoms with Crippen LogP contribution in [0.4, 0.5) is 0 Å². The molecule has 0 amide bonds. The summed E-state index contributed by atoms with van der Waals surface area (Å²) < 4.78 is 20.3. The van der Waals surface area contributed by atoms with Crippen LogP contribution in [0.5, 0.6) is 11.8 Å². The van der Waals surface area contributed by atoms with E-state index in [0.29, 0.717) is 88.1 Å². The number of halogens is 2. The van der Waals surface area contributed by atoms with E-state index in [4.69, 9.17) is 42.1 Å². The Bertz CT molecular complexity index is 2340. The van der Waals surface area contributed by atoms with E-state index in [1.165, 1.54) is 0 Å². The maximum Gasteiger partial charge on any atom is 0.236 e. The van der Waals surface area contributed by atoms with Crippen LogP contribution in [-0.2, 0) is 19.5 Å². The lowest BCUT2D eigenvalue weighted by atomic mass is 9.95. The van der Waals surface area contributed by atoms with Crippen molar-refractivity contribution in [2.45, 2.75) is 57.1 Å². The molecule has 54 heavy (non-hydrogen) atoms. The van der Waals surface area contributed by atoms with Crippen LogP contribution in [0.1, 0.15) is 47.6 Å². The number of rotatable bonds is 10. The Kier molecular flexibility index (Phi) is 10.4. The van der Waals surface area contributed by atoms with Crippen LogP contribution in [0.2, 0.25) is 10.0 Å². The van der Waals surface area contributed by atoms with Crippen molar-refractivity contribution in [3.8, 4) is 40.4 Å².